The van der Waals surface area contributed by atoms with E-state index >= 15 is 0 Å². The third-order valence-electron chi connectivity index (χ3n) is 4.47. The number of ether oxygens (including phenoxy) is 1. The van der Waals surface area contributed by atoms with Crippen molar-refractivity contribution in [2.24, 2.45) is 0 Å². The molecule has 0 spiro atoms. The number of aromatic nitrogens is 2. The van der Waals surface area contributed by atoms with Gasteiger partial charge in [-0.25, -0.2) is 0 Å². The zero-order valence-corrected chi connectivity index (χ0v) is 17.4. The van der Waals surface area contributed by atoms with Gasteiger partial charge in [0.1, 0.15) is 11.5 Å². The van der Waals surface area contributed by atoms with Gasteiger partial charge in [0.25, 0.3) is 5.91 Å². The van der Waals surface area contributed by atoms with E-state index < -0.39 is 0 Å². The summed E-state index contributed by atoms with van der Waals surface area (Å²) < 4.78 is 5.78. The summed E-state index contributed by atoms with van der Waals surface area (Å²) in [5, 5.41) is 6.69. The van der Waals surface area contributed by atoms with Gasteiger partial charge < -0.3 is 15.4 Å². The Balaban J connectivity index is 1.42. The highest BCUT2D eigenvalue weighted by Gasteiger charge is 2.09. The second-order valence-corrected chi connectivity index (χ2v) is 7.11. The van der Waals surface area contributed by atoms with Gasteiger partial charge in [-0.15, -0.1) is 0 Å². The Kier molecular flexibility index (Phi) is 6.10. The Labute approximate surface area is 184 Å². The zero-order valence-electron chi connectivity index (χ0n) is 16.7. The Bertz CT molecular complexity index is 1200. The Morgan fingerprint density at radius 1 is 0.903 bits per heavy atom. The number of amides is 1. The van der Waals surface area contributed by atoms with Gasteiger partial charge in [-0.3, -0.25) is 14.8 Å². The third-order valence-corrected chi connectivity index (χ3v) is 4.94. The summed E-state index contributed by atoms with van der Waals surface area (Å²) in [7, 11) is 0. The number of carbonyl (C=O) groups is 1. The van der Waals surface area contributed by atoms with E-state index in [9.17, 15) is 4.79 Å². The molecule has 0 aliphatic carbocycles. The van der Waals surface area contributed by atoms with Crippen molar-refractivity contribution in [1.29, 1.82) is 0 Å². The topological polar surface area (TPSA) is 76.1 Å². The van der Waals surface area contributed by atoms with Gasteiger partial charge in [-0.2, -0.15) is 0 Å². The molecule has 4 aromatic rings. The minimum atomic E-state index is -0.217. The van der Waals surface area contributed by atoms with Crippen LogP contribution in [0.2, 0.25) is 5.02 Å². The Hall–Kier alpha value is -3.90. The average Bonchev–Trinajstić information content (AvgIpc) is 2.78. The number of anilines is 3. The van der Waals surface area contributed by atoms with E-state index in [1.54, 1.807) is 61.1 Å². The van der Waals surface area contributed by atoms with Crippen LogP contribution in [-0.4, -0.2) is 15.9 Å². The molecule has 0 aliphatic rings. The lowest BCUT2D eigenvalue weighted by atomic mass is 10.2. The molecule has 154 valence electrons. The van der Waals surface area contributed by atoms with Gasteiger partial charge in [-0.05, 0) is 61.5 Å². The molecule has 0 radical (unpaired) electrons. The number of aryl methyl sites for hydroxylation is 1. The molecular weight excluding hydrogens is 412 g/mol. The molecule has 2 aromatic heterocycles. The molecule has 0 atom stereocenters. The molecule has 0 bridgehead atoms. The lowest BCUT2D eigenvalue weighted by Gasteiger charge is -2.11. The molecule has 0 saturated heterocycles. The van der Waals surface area contributed by atoms with Crippen LogP contribution in [0.3, 0.4) is 0 Å². The van der Waals surface area contributed by atoms with Crippen LogP contribution in [0.5, 0.6) is 11.5 Å². The van der Waals surface area contributed by atoms with Crippen molar-refractivity contribution in [2.45, 2.75) is 6.92 Å². The summed E-state index contributed by atoms with van der Waals surface area (Å²) >= 11 is 6.28. The van der Waals surface area contributed by atoms with Crippen LogP contribution < -0.4 is 15.4 Å². The van der Waals surface area contributed by atoms with Crippen molar-refractivity contribution < 1.29 is 9.53 Å². The van der Waals surface area contributed by atoms with Crippen LogP contribution in [0, 0.1) is 6.92 Å². The summed E-state index contributed by atoms with van der Waals surface area (Å²) in [5.41, 5.74) is 3.49. The highest BCUT2D eigenvalue weighted by atomic mass is 35.5. The fourth-order valence-corrected chi connectivity index (χ4v) is 3.05. The number of nitrogens with one attached hydrogen (secondary N) is 2. The van der Waals surface area contributed by atoms with Crippen LogP contribution in [0.4, 0.5) is 17.1 Å². The number of halogens is 1. The summed E-state index contributed by atoms with van der Waals surface area (Å²) in [5.74, 6) is 1.07. The third kappa shape index (κ3) is 5.18. The molecule has 2 aromatic carbocycles. The molecule has 0 saturated carbocycles. The number of hydrogen-bond donors (Lipinski definition) is 2. The largest absolute Gasteiger partial charge is 0.457 e. The van der Waals surface area contributed by atoms with Crippen LogP contribution in [-0.2, 0) is 0 Å². The molecule has 7 heteroatoms. The van der Waals surface area contributed by atoms with E-state index in [-0.39, 0.29) is 5.91 Å². The second-order valence-electron chi connectivity index (χ2n) is 6.73. The fourth-order valence-electron chi connectivity index (χ4n) is 2.89. The standard InChI is InChI=1S/C24H19ClN4O2/c1-16-23(25)22(11-14-27-16)28-18-7-5-17(6-8-18)24(30)29-19-3-2-4-21(15-19)31-20-9-12-26-13-10-20/h2-15H,1H3,(H,27,28)(H,29,30). The normalized spacial score (nSPS) is 10.4. The number of hydrogen-bond acceptors (Lipinski definition) is 5. The van der Waals surface area contributed by atoms with Gasteiger partial charge in [0.2, 0.25) is 0 Å². The number of benzene rings is 2. The van der Waals surface area contributed by atoms with Gasteiger partial charge >= 0.3 is 0 Å². The van der Waals surface area contributed by atoms with E-state index in [1.165, 1.54) is 0 Å². The van der Waals surface area contributed by atoms with E-state index in [0.29, 0.717) is 27.8 Å². The van der Waals surface area contributed by atoms with Gasteiger partial charge in [0, 0.05) is 41.6 Å². The molecule has 2 heterocycles. The van der Waals surface area contributed by atoms with Crippen molar-refractivity contribution in [3.63, 3.8) is 0 Å². The summed E-state index contributed by atoms with van der Waals surface area (Å²) in [6.45, 7) is 1.85. The molecular formula is C24H19ClN4O2. The van der Waals surface area contributed by atoms with Crippen molar-refractivity contribution >= 4 is 34.6 Å². The van der Waals surface area contributed by atoms with E-state index in [2.05, 4.69) is 20.6 Å². The van der Waals surface area contributed by atoms with Crippen LogP contribution >= 0.6 is 11.6 Å². The van der Waals surface area contributed by atoms with Crippen LogP contribution in [0.25, 0.3) is 0 Å². The van der Waals surface area contributed by atoms with E-state index in [1.807, 2.05) is 31.2 Å². The SMILES string of the molecule is Cc1nccc(Nc2ccc(C(=O)Nc3cccc(Oc4ccncc4)c3)cc2)c1Cl. The smallest absolute Gasteiger partial charge is 0.255 e. The summed E-state index contributed by atoms with van der Waals surface area (Å²) in [6, 6.07) is 19.7. The molecule has 0 unspecified atom stereocenters. The minimum absolute atomic E-state index is 0.217. The molecule has 1 amide bonds. The van der Waals surface area contributed by atoms with E-state index in [0.717, 1.165) is 17.1 Å². The summed E-state index contributed by atoms with van der Waals surface area (Å²) in [6.07, 6.45) is 5.00. The first kappa shape index (κ1) is 20.4. The van der Waals surface area contributed by atoms with Crippen molar-refractivity contribution in [3.05, 3.63) is 102 Å². The lowest BCUT2D eigenvalue weighted by molar-refractivity contribution is 0.102. The van der Waals surface area contributed by atoms with Crippen LogP contribution in [0.1, 0.15) is 16.1 Å². The van der Waals surface area contributed by atoms with Gasteiger partial charge in [-0.1, -0.05) is 17.7 Å². The molecule has 31 heavy (non-hydrogen) atoms. The monoisotopic (exact) mass is 430 g/mol. The number of rotatable bonds is 6. The first-order chi connectivity index (χ1) is 15.1. The highest BCUT2D eigenvalue weighted by molar-refractivity contribution is 6.33. The van der Waals surface area contributed by atoms with Gasteiger partial charge in [0.15, 0.2) is 0 Å². The summed E-state index contributed by atoms with van der Waals surface area (Å²) in [4.78, 5) is 20.8. The first-order valence-corrected chi connectivity index (χ1v) is 9.94. The molecule has 0 aliphatic heterocycles. The highest BCUT2D eigenvalue weighted by Crippen LogP contribution is 2.27. The maximum Gasteiger partial charge on any atom is 0.255 e. The van der Waals surface area contributed by atoms with Crippen molar-refractivity contribution in [1.82, 2.24) is 9.97 Å². The molecule has 4 rings (SSSR count). The minimum Gasteiger partial charge on any atom is -0.457 e. The second kappa shape index (κ2) is 9.28. The van der Waals surface area contributed by atoms with Crippen molar-refractivity contribution in [2.75, 3.05) is 10.6 Å². The van der Waals surface area contributed by atoms with Gasteiger partial charge in [0.05, 0.1) is 16.4 Å². The van der Waals surface area contributed by atoms with Crippen molar-refractivity contribution in [3.8, 4) is 11.5 Å². The number of nitrogens with zero attached hydrogens (tertiary/aromatic N) is 2. The number of pyridine rings is 2. The average molecular weight is 431 g/mol. The Morgan fingerprint density at radius 3 is 2.45 bits per heavy atom. The predicted octanol–water partition coefficient (Wildman–Crippen LogP) is 6.23. The fraction of sp³-hybridized carbons (Fsp3) is 0.0417. The number of carbonyl (C=O) groups excluding carboxylic acids is 1. The maximum atomic E-state index is 12.6. The maximum absolute atomic E-state index is 12.6. The quantitative estimate of drug-likeness (QED) is 0.379. The Morgan fingerprint density at radius 2 is 1.68 bits per heavy atom. The van der Waals surface area contributed by atoms with Crippen LogP contribution in [0.15, 0.2) is 85.3 Å². The zero-order chi connectivity index (χ0) is 21.6. The van der Waals surface area contributed by atoms with E-state index in [4.69, 9.17) is 16.3 Å². The molecule has 2 N–H and O–H groups in total. The lowest BCUT2D eigenvalue weighted by Crippen LogP contribution is -2.11. The predicted molar refractivity (Wildman–Crippen MR) is 122 cm³/mol. The molecule has 0 fully saturated rings. The molecule has 6 nitrogen and oxygen atoms in total. The first-order valence-electron chi connectivity index (χ1n) is 9.56.